The molecule has 1 unspecified atom stereocenters. The molecule has 21 heavy (non-hydrogen) atoms. The van der Waals surface area contributed by atoms with Crippen LogP contribution < -0.4 is 10.1 Å². The maximum absolute atomic E-state index is 5.86. The van der Waals surface area contributed by atoms with Gasteiger partial charge in [0.15, 0.2) is 6.10 Å². The highest BCUT2D eigenvalue weighted by molar-refractivity contribution is 5.37. The molecule has 0 saturated heterocycles. The van der Waals surface area contributed by atoms with Crippen molar-refractivity contribution in [3.63, 3.8) is 0 Å². The predicted molar refractivity (Wildman–Crippen MR) is 79.3 cm³/mol. The molecule has 5 nitrogen and oxygen atoms in total. The van der Waals surface area contributed by atoms with Crippen LogP contribution in [0.15, 0.2) is 28.7 Å². The first-order valence-corrected chi connectivity index (χ1v) is 7.64. The maximum Gasteiger partial charge on any atom is 0.257 e. The van der Waals surface area contributed by atoms with E-state index >= 15 is 0 Å². The van der Waals surface area contributed by atoms with Gasteiger partial charge in [0.1, 0.15) is 5.75 Å². The molecule has 1 aromatic heterocycles. The number of nitrogens with zero attached hydrogens (tertiary/aromatic N) is 2. The maximum atomic E-state index is 5.86. The van der Waals surface area contributed by atoms with Crippen molar-refractivity contribution in [3.8, 4) is 5.75 Å². The van der Waals surface area contributed by atoms with E-state index in [0.717, 1.165) is 44.5 Å². The molecule has 1 aliphatic heterocycles. The van der Waals surface area contributed by atoms with E-state index in [1.807, 2.05) is 18.2 Å². The van der Waals surface area contributed by atoms with Crippen LogP contribution in [0.5, 0.6) is 5.75 Å². The van der Waals surface area contributed by atoms with Gasteiger partial charge in [0, 0.05) is 12.8 Å². The zero-order valence-corrected chi connectivity index (χ0v) is 12.3. The molecule has 3 rings (SSSR count). The third-order valence-corrected chi connectivity index (χ3v) is 3.58. The number of hydrogen-bond acceptors (Lipinski definition) is 5. The van der Waals surface area contributed by atoms with E-state index in [9.17, 15) is 0 Å². The zero-order valence-electron chi connectivity index (χ0n) is 12.3. The van der Waals surface area contributed by atoms with Crippen molar-refractivity contribution in [1.82, 2.24) is 15.5 Å². The van der Waals surface area contributed by atoms with Crippen molar-refractivity contribution in [3.05, 3.63) is 41.6 Å². The monoisotopic (exact) mass is 287 g/mol. The van der Waals surface area contributed by atoms with Gasteiger partial charge >= 0.3 is 0 Å². The summed E-state index contributed by atoms with van der Waals surface area (Å²) in [5.41, 5.74) is 1.20. The van der Waals surface area contributed by atoms with E-state index in [-0.39, 0.29) is 6.10 Å². The molecule has 0 aliphatic carbocycles. The number of nitrogens with one attached hydrogen (secondary N) is 1. The fourth-order valence-electron chi connectivity index (χ4n) is 2.48. The lowest BCUT2D eigenvalue weighted by molar-refractivity contribution is 0.194. The highest BCUT2D eigenvalue weighted by Gasteiger charge is 2.28. The molecule has 2 aromatic rings. The second kappa shape index (κ2) is 6.72. The largest absolute Gasteiger partial charge is 0.480 e. The Morgan fingerprint density at radius 1 is 1.24 bits per heavy atom. The molecule has 1 aliphatic rings. The highest BCUT2D eigenvalue weighted by Crippen LogP contribution is 2.35. The van der Waals surface area contributed by atoms with E-state index in [4.69, 9.17) is 9.15 Å². The van der Waals surface area contributed by atoms with Crippen LogP contribution in [-0.2, 0) is 12.8 Å². The number of benzene rings is 1. The highest BCUT2D eigenvalue weighted by atomic mass is 16.5. The Kier molecular flexibility index (Phi) is 4.50. The molecule has 2 heterocycles. The summed E-state index contributed by atoms with van der Waals surface area (Å²) in [6, 6.07) is 8.05. The first kappa shape index (κ1) is 14.1. The van der Waals surface area contributed by atoms with Crippen LogP contribution in [0.4, 0.5) is 0 Å². The van der Waals surface area contributed by atoms with Crippen molar-refractivity contribution in [1.29, 1.82) is 0 Å². The van der Waals surface area contributed by atoms with Crippen molar-refractivity contribution in [2.45, 2.75) is 38.7 Å². The molecule has 0 spiro atoms. The molecule has 0 bridgehead atoms. The lowest BCUT2D eigenvalue weighted by atomic mass is 10.1. The van der Waals surface area contributed by atoms with Crippen molar-refractivity contribution in [2.24, 2.45) is 0 Å². The molecule has 1 aromatic carbocycles. The molecule has 5 heteroatoms. The molecule has 0 amide bonds. The van der Waals surface area contributed by atoms with E-state index in [0.29, 0.717) is 11.8 Å². The van der Waals surface area contributed by atoms with Crippen molar-refractivity contribution < 1.29 is 9.15 Å². The minimum atomic E-state index is -0.137. The van der Waals surface area contributed by atoms with Crippen LogP contribution in [0.25, 0.3) is 0 Å². The predicted octanol–water partition coefficient (Wildman–Crippen LogP) is 2.68. The SMILES string of the molecule is CCCNCCCc1nnc(C2Cc3ccccc3O2)o1. The topological polar surface area (TPSA) is 60.2 Å². The fourth-order valence-corrected chi connectivity index (χ4v) is 2.48. The smallest absolute Gasteiger partial charge is 0.257 e. The molecular formula is C16H21N3O2. The number of aryl methyl sites for hydroxylation is 1. The third-order valence-electron chi connectivity index (χ3n) is 3.58. The number of aromatic nitrogens is 2. The van der Waals surface area contributed by atoms with E-state index in [1.54, 1.807) is 0 Å². The second-order valence-corrected chi connectivity index (χ2v) is 5.31. The Labute approximate surface area is 124 Å². The minimum absolute atomic E-state index is 0.137. The summed E-state index contributed by atoms with van der Waals surface area (Å²) < 4.78 is 11.6. The van der Waals surface area contributed by atoms with Crippen LogP contribution in [0.3, 0.4) is 0 Å². The van der Waals surface area contributed by atoms with Gasteiger partial charge in [0.25, 0.3) is 5.89 Å². The Morgan fingerprint density at radius 2 is 2.14 bits per heavy atom. The molecule has 1 atom stereocenters. The number of ether oxygens (including phenoxy) is 1. The third kappa shape index (κ3) is 3.42. The quantitative estimate of drug-likeness (QED) is 0.793. The number of hydrogen-bond donors (Lipinski definition) is 1. The summed E-state index contributed by atoms with van der Waals surface area (Å²) in [4.78, 5) is 0. The van der Waals surface area contributed by atoms with Gasteiger partial charge in [-0.05, 0) is 37.6 Å². The Morgan fingerprint density at radius 3 is 3.00 bits per heavy atom. The molecule has 1 N–H and O–H groups in total. The normalized spacial score (nSPS) is 16.7. The van der Waals surface area contributed by atoms with Crippen LogP contribution in [-0.4, -0.2) is 23.3 Å². The van der Waals surface area contributed by atoms with Crippen LogP contribution >= 0.6 is 0 Å². The minimum Gasteiger partial charge on any atom is -0.480 e. The standard InChI is InChI=1S/C16H21N3O2/c1-2-9-17-10-5-8-15-18-19-16(21-15)14-11-12-6-3-4-7-13(12)20-14/h3-4,6-7,14,17H,2,5,8-11H2,1H3. The lowest BCUT2D eigenvalue weighted by Crippen LogP contribution is -2.16. The van der Waals surface area contributed by atoms with Gasteiger partial charge in [0.05, 0.1) is 0 Å². The Hall–Kier alpha value is -1.88. The first-order valence-electron chi connectivity index (χ1n) is 7.64. The second-order valence-electron chi connectivity index (χ2n) is 5.31. The number of rotatable bonds is 7. The summed E-state index contributed by atoms with van der Waals surface area (Å²) in [5.74, 6) is 2.21. The Bertz CT molecular complexity index is 557. The van der Waals surface area contributed by atoms with Gasteiger partial charge < -0.3 is 14.5 Å². The van der Waals surface area contributed by atoms with Gasteiger partial charge in [-0.1, -0.05) is 25.1 Å². The van der Waals surface area contributed by atoms with Gasteiger partial charge in [0.2, 0.25) is 5.89 Å². The molecule has 0 saturated carbocycles. The van der Waals surface area contributed by atoms with Crippen LogP contribution in [0.2, 0.25) is 0 Å². The lowest BCUT2D eigenvalue weighted by Gasteiger charge is -2.04. The average molecular weight is 287 g/mol. The molecule has 0 radical (unpaired) electrons. The summed E-state index contributed by atoms with van der Waals surface area (Å²) in [5, 5.41) is 11.6. The van der Waals surface area contributed by atoms with Gasteiger partial charge in [-0.2, -0.15) is 0 Å². The number of fused-ring (bicyclic) bond motifs is 1. The van der Waals surface area contributed by atoms with E-state index in [2.05, 4.69) is 28.5 Å². The first-order chi connectivity index (χ1) is 10.4. The molecule has 0 fully saturated rings. The van der Waals surface area contributed by atoms with Gasteiger partial charge in [-0.25, -0.2) is 0 Å². The van der Waals surface area contributed by atoms with Gasteiger partial charge in [-0.3, -0.25) is 0 Å². The van der Waals surface area contributed by atoms with E-state index < -0.39 is 0 Å². The summed E-state index contributed by atoms with van der Waals surface area (Å²) in [7, 11) is 0. The molecule has 112 valence electrons. The molecular weight excluding hydrogens is 266 g/mol. The summed E-state index contributed by atoms with van der Waals surface area (Å²) >= 11 is 0. The number of para-hydroxylation sites is 1. The fraction of sp³-hybridized carbons (Fsp3) is 0.500. The van der Waals surface area contributed by atoms with Crippen molar-refractivity contribution in [2.75, 3.05) is 13.1 Å². The summed E-state index contributed by atoms with van der Waals surface area (Å²) in [6.07, 6.45) is 3.64. The Balaban J connectivity index is 1.52. The van der Waals surface area contributed by atoms with Crippen LogP contribution in [0, 0.1) is 0 Å². The summed E-state index contributed by atoms with van der Waals surface area (Å²) in [6.45, 7) is 4.21. The van der Waals surface area contributed by atoms with E-state index in [1.165, 1.54) is 5.56 Å². The average Bonchev–Trinajstić information content (AvgIpc) is 3.13. The van der Waals surface area contributed by atoms with Crippen LogP contribution in [0.1, 0.15) is 43.2 Å². The van der Waals surface area contributed by atoms with Crippen molar-refractivity contribution >= 4 is 0 Å². The van der Waals surface area contributed by atoms with Gasteiger partial charge in [-0.15, -0.1) is 10.2 Å². The zero-order chi connectivity index (χ0) is 14.5.